The van der Waals surface area contributed by atoms with Crippen LogP contribution >= 0.6 is 0 Å². The van der Waals surface area contributed by atoms with Crippen LogP contribution in [0.5, 0.6) is 5.75 Å². The number of piperidine rings is 1. The van der Waals surface area contributed by atoms with Gasteiger partial charge < -0.3 is 9.64 Å². The lowest BCUT2D eigenvalue weighted by Gasteiger charge is -2.27. The van der Waals surface area contributed by atoms with Gasteiger partial charge in [-0.1, -0.05) is 18.2 Å². The molecule has 3 rings (SSSR count). The van der Waals surface area contributed by atoms with Crippen molar-refractivity contribution >= 4 is 27.3 Å². The number of para-hydroxylation sites is 1. The summed E-state index contributed by atoms with van der Waals surface area (Å²) < 4.78 is 33.0. The Morgan fingerprint density at radius 2 is 1.88 bits per heavy atom. The molecule has 1 fully saturated rings. The van der Waals surface area contributed by atoms with Crippen LogP contribution in [0.15, 0.2) is 53.4 Å². The summed E-state index contributed by atoms with van der Waals surface area (Å²) in [5.41, 5.74) is 1.10. The molecule has 0 spiro atoms. The molecule has 0 saturated carbocycles. The van der Waals surface area contributed by atoms with Crippen molar-refractivity contribution in [1.82, 2.24) is 0 Å². The Morgan fingerprint density at radius 3 is 2.64 bits per heavy atom. The van der Waals surface area contributed by atoms with Gasteiger partial charge in [0.05, 0.1) is 12.8 Å². The molecular formula is C18H20N2O4S. The van der Waals surface area contributed by atoms with Gasteiger partial charge in [0.25, 0.3) is 10.0 Å². The van der Waals surface area contributed by atoms with Crippen LogP contribution in [-0.2, 0) is 14.8 Å². The molecule has 1 heterocycles. The quantitative estimate of drug-likeness (QED) is 0.889. The van der Waals surface area contributed by atoms with Crippen molar-refractivity contribution in [2.75, 3.05) is 23.3 Å². The van der Waals surface area contributed by atoms with Crippen LogP contribution in [0.3, 0.4) is 0 Å². The third-order valence-electron chi connectivity index (χ3n) is 4.09. The number of nitrogens with one attached hydrogen (secondary N) is 1. The summed E-state index contributed by atoms with van der Waals surface area (Å²) in [7, 11) is -2.37. The van der Waals surface area contributed by atoms with Gasteiger partial charge in [-0.2, -0.15) is 0 Å². The molecule has 1 amide bonds. The lowest BCUT2D eigenvalue weighted by atomic mass is 10.1. The Morgan fingerprint density at radius 1 is 1.08 bits per heavy atom. The molecular weight excluding hydrogens is 340 g/mol. The Bertz CT molecular complexity index is 880. The van der Waals surface area contributed by atoms with E-state index in [0.717, 1.165) is 12.8 Å². The number of sulfonamides is 1. The van der Waals surface area contributed by atoms with E-state index in [-0.39, 0.29) is 16.6 Å². The van der Waals surface area contributed by atoms with Gasteiger partial charge in [0.1, 0.15) is 10.6 Å². The molecule has 2 aromatic rings. The second-order valence-electron chi connectivity index (χ2n) is 5.81. The Balaban J connectivity index is 1.88. The molecule has 6 nitrogen and oxygen atoms in total. The molecule has 0 radical (unpaired) electrons. The maximum Gasteiger partial charge on any atom is 0.265 e. The standard InChI is InChI=1S/C18H20N2O4S/c1-24-16-9-2-3-10-17(16)25(22,23)19-14-7-6-8-15(13-14)20-12-5-4-11-18(20)21/h2-3,6-10,13,19H,4-5,11-12H2,1H3. The largest absolute Gasteiger partial charge is 0.495 e. The highest BCUT2D eigenvalue weighted by Gasteiger charge is 2.22. The number of carbonyl (C=O) groups is 1. The average molecular weight is 360 g/mol. The molecule has 0 aliphatic carbocycles. The van der Waals surface area contributed by atoms with Crippen molar-refractivity contribution in [3.05, 3.63) is 48.5 Å². The molecule has 25 heavy (non-hydrogen) atoms. The Hall–Kier alpha value is -2.54. The van der Waals surface area contributed by atoms with E-state index in [4.69, 9.17) is 4.74 Å². The second-order valence-corrected chi connectivity index (χ2v) is 7.46. The normalized spacial score (nSPS) is 15.1. The first kappa shape index (κ1) is 17.3. The lowest BCUT2D eigenvalue weighted by Crippen LogP contribution is -2.35. The molecule has 0 atom stereocenters. The number of anilines is 2. The minimum Gasteiger partial charge on any atom is -0.495 e. The fraction of sp³-hybridized carbons (Fsp3) is 0.278. The Kier molecular flexibility index (Phi) is 4.94. The van der Waals surface area contributed by atoms with Crippen molar-refractivity contribution in [1.29, 1.82) is 0 Å². The number of ether oxygens (including phenoxy) is 1. The number of rotatable bonds is 5. The maximum absolute atomic E-state index is 12.7. The average Bonchev–Trinajstić information content (AvgIpc) is 2.62. The predicted octanol–water partition coefficient (Wildman–Crippen LogP) is 3.01. The van der Waals surface area contributed by atoms with Gasteiger partial charge in [-0.25, -0.2) is 8.42 Å². The van der Waals surface area contributed by atoms with E-state index in [2.05, 4.69) is 4.72 Å². The van der Waals surface area contributed by atoms with E-state index in [9.17, 15) is 13.2 Å². The van der Waals surface area contributed by atoms with Gasteiger partial charge in [-0.05, 0) is 43.2 Å². The predicted molar refractivity (Wildman–Crippen MR) is 96.4 cm³/mol. The van der Waals surface area contributed by atoms with Crippen LogP contribution in [0.1, 0.15) is 19.3 Å². The van der Waals surface area contributed by atoms with E-state index in [1.54, 1.807) is 41.3 Å². The summed E-state index contributed by atoms with van der Waals surface area (Å²) in [6.07, 6.45) is 2.37. The zero-order valence-corrected chi connectivity index (χ0v) is 14.8. The Labute approximate surface area is 147 Å². The van der Waals surface area contributed by atoms with E-state index >= 15 is 0 Å². The van der Waals surface area contributed by atoms with E-state index in [0.29, 0.717) is 24.3 Å². The summed E-state index contributed by atoms with van der Waals surface area (Å²) in [5, 5.41) is 0. The first-order valence-electron chi connectivity index (χ1n) is 8.07. The summed E-state index contributed by atoms with van der Waals surface area (Å²) in [4.78, 5) is 13.8. The van der Waals surface area contributed by atoms with Crippen molar-refractivity contribution in [2.24, 2.45) is 0 Å². The first-order chi connectivity index (χ1) is 12.0. The fourth-order valence-electron chi connectivity index (χ4n) is 2.87. The minimum atomic E-state index is -3.80. The molecule has 0 aromatic heterocycles. The number of amides is 1. The van der Waals surface area contributed by atoms with Crippen molar-refractivity contribution in [3.63, 3.8) is 0 Å². The number of methoxy groups -OCH3 is 1. The van der Waals surface area contributed by atoms with Crippen molar-refractivity contribution < 1.29 is 17.9 Å². The van der Waals surface area contributed by atoms with Crippen LogP contribution in [0, 0.1) is 0 Å². The van der Waals surface area contributed by atoms with Crippen LogP contribution in [-0.4, -0.2) is 28.0 Å². The van der Waals surface area contributed by atoms with E-state index < -0.39 is 10.0 Å². The van der Waals surface area contributed by atoms with Crippen molar-refractivity contribution in [2.45, 2.75) is 24.2 Å². The van der Waals surface area contributed by atoms with E-state index in [1.807, 2.05) is 6.07 Å². The first-order valence-corrected chi connectivity index (χ1v) is 9.56. The summed E-state index contributed by atoms with van der Waals surface area (Å²) >= 11 is 0. The highest BCUT2D eigenvalue weighted by atomic mass is 32.2. The molecule has 0 unspecified atom stereocenters. The molecule has 1 N–H and O–H groups in total. The summed E-state index contributed by atoms with van der Waals surface area (Å²) in [6.45, 7) is 0.654. The molecule has 0 bridgehead atoms. The van der Waals surface area contributed by atoms with Gasteiger partial charge in [0, 0.05) is 18.7 Å². The lowest BCUT2D eigenvalue weighted by molar-refractivity contribution is -0.119. The number of nitrogens with zero attached hydrogens (tertiary/aromatic N) is 1. The van der Waals surface area contributed by atoms with Gasteiger partial charge in [0.15, 0.2) is 0 Å². The van der Waals surface area contributed by atoms with E-state index in [1.165, 1.54) is 13.2 Å². The molecule has 1 aliphatic heterocycles. The molecule has 132 valence electrons. The monoisotopic (exact) mass is 360 g/mol. The highest BCUT2D eigenvalue weighted by Crippen LogP contribution is 2.28. The number of hydrogen-bond acceptors (Lipinski definition) is 4. The smallest absolute Gasteiger partial charge is 0.265 e. The zero-order chi connectivity index (χ0) is 17.9. The third kappa shape index (κ3) is 3.76. The molecule has 7 heteroatoms. The number of benzene rings is 2. The zero-order valence-electron chi connectivity index (χ0n) is 13.9. The molecule has 1 aliphatic rings. The fourth-order valence-corrected chi connectivity index (χ4v) is 4.09. The van der Waals surface area contributed by atoms with Gasteiger partial charge in [0.2, 0.25) is 5.91 Å². The second kappa shape index (κ2) is 7.14. The summed E-state index contributed by atoms with van der Waals surface area (Å²) in [5.74, 6) is 0.341. The minimum absolute atomic E-state index is 0.0657. The topological polar surface area (TPSA) is 75.7 Å². The van der Waals surface area contributed by atoms with Crippen LogP contribution in [0.2, 0.25) is 0 Å². The number of hydrogen-bond donors (Lipinski definition) is 1. The van der Waals surface area contributed by atoms with Gasteiger partial charge in [-0.3, -0.25) is 9.52 Å². The van der Waals surface area contributed by atoms with Crippen LogP contribution in [0.4, 0.5) is 11.4 Å². The SMILES string of the molecule is COc1ccccc1S(=O)(=O)Nc1cccc(N2CCCCC2=O)c1. The summed E-state index contributed by atoms with van der Waals surface area (Å²) in [6, 6.07) is 13.3. The van der Waals surface area contributed by atoms with Gasteiger partial charge >= 0.3 is 0 Å². The third-order valence-corrected chi connectivity index (χ3v) is 5.51. The molecule has 1 saturated heterocycles. The van der Waals surface area contributed by atoms with Crippen molar-refractivity contribution in [3.8, 4) is 5.75 Å². The highest BCUT2D eigenvalue weighted by molar-refractivity contribution is 7.92. The van der Waals surface area contributed by atoms with Crippen LogP contribution in [0.25, 0.3) is 0 Å². The number of carbonyl (C=O) groups excluding carboxylic acids is 1. The van der Waals surface area contributed by atoms with Gasteiger partial charge in [-0.15, -0.1) is 0 Å². The molecule has 2 aromatic carbocycles. The maximum atomic E-state index is 12.7. The van der Waals surface area contributed by atoms with Crippen LogP contribution < -0.4 is 14.4 Å².